The lowest BCUT2D eigenvalue weighted by atomic mass is 10.5. The van der Waals surface area contributed by atoms with Crippen molar-refractivity contribution in [2.45, 2.75) is 0 Å². The summed E-state index contributed by atoms with van der Waals surface area (Å²) in [6, 6.07) is 1.52. The average molecular weight is 156 g/mol. The number of oxazole rings is 1. The van der Waals surface area contributed by atoms with E-state index in [1.54, 1.807) is 0 Å². The highest BCUT2D eigenvalue weighted by molar-refractivity contribution is 5.86. The maximum absolute atomic E-state index is 11.2. The number of rotatable bonds is 1. The summed E-state index contributed by atoms with van der Waals surface area (Å²) in [5, 5.41) is 8.15. The third kappa shape index (κ3) is 1.32. The van der Waals surface area contributed by atoms with Crippen LogP contribution in [0.5, 0.6) is 0 Å². The molecule has 0 bridgehead atoms. The molecule has 0 atom stereocenters. The molecule has 0 saturated heterocycles. The van der Waals surface area contributed by atoms with Crippen LogP contribution in [0.2, 0.25) is 0 Å². The summed E-state index contributed by atoms with van der Waals surface area (Å²) >= 11 is 0. The second kappa shape index (κ2) is 2.79. The topological polar surface area (TPSA) is 76.1 Å². The van der Waals surface area contributed by atoms with Crippen molar-refractivity contribution in [1.82, 2.24) is 4.98 Å². The molecule has 5 nitrogen and oxygen atoms in total. The van der Waals surface area contributed by atoms with Crippen molar-refractivity contribution in [3.63, 3.8) is 0 Å². The number of nitrogens with zero attached hydrogens (tertiary/aromatic N) is 2. The molecule has 0 aromatic carbocycles. The minimum Gasteiger partial charge on any atom is -0.436 e. The van der Waals surface area contributed by atoms with Crippen LogP contribution in [-0.2, 0) is 4.94 Å². The van der Waals surface area contributed by atoms with Crippen LogP contribution in [0.15, 0.2) is 10.7 Å². The van der Waals surface area contributed by atoms with E-state index >= 15 is 0 Å². The Bertz CT molecular complexity index is 314. The quantitative estimate of drug-likeness (QED) is 0.594. The molecule has 0 spiro atoms. The number of nitriles is 1. The van der Waals surface area contributed by atoms with E-state index < -0.39 is 5.97 Å². The molecule has 6 heteroatoms. The first-order valence-corrected chi connectivity index (χ1v) is 2.46. The van der Waals surface area contributed by atoms with Gasteiger partial charge in [0.05, 0.1) is 0 Å². The number of aromatic nitrogens is 1. The van der Waals surface area contributed by atoms with Crippen LogP contribution in [0, 0.1) is 11.3 Å². The molecule has 0 aliphatic carbocycles. The van der Waals surface area contributed by atoms with Gasteiger partial charge in [-0.15, -0.1) is 0 Å². The van der Waals surface area contributed by atoms with Crippen LogP contribution in [0.4, 0.5) is 4.53 Å². The summed E-state index contributed by atoms with van der Waals surface area (Å²) in [5.41, 5.74) is -0.371. The Morgan fingerprint density at radius 2 is 2.64 bits per heavy atom. The average Bonchev–Trinajstić information content (AvgIpc) is 2.50. The maximum atomic E-state index is 11.2. The standard InChI is InChI=1S/C5HFN2O3/c6-11-5(9)3-2-10-4(1-7)8-3/h2H. The minimum absolute atomic E-state index is 0.314. The Kier molecular flexibility index (Phi) is 1.83. The van der Waals surface area contributed by atoms with Crippen LogP contribution < -0.4 is 0 Å². The van der Waals surface area contributed by atoms with E-state index in [2.05, 4.69) is 14.3 Å². The smallest absolute Gasteiger partial charge is 0.401 e. The third-order valence-corrected chi connectivity index (χ3v) is 0.879. The van der Waals surface area contributed by atoms with Crippen LogP contribution in [-0.4, -0.2) is 11.0 Å². The minimum atomic E-state index is -1.28. The highest BCUT2D eigenvalue weighted by atomic mass is 19.3. The van der Waals surface area contributed by atoms with Gasteiger partial charge < -0.3 is 4.42 Å². The summed E-state index contributed by atoms with van der Waals surface area (Å²) < 4.78 is 15.6. The van der Waals surface area contributed by atoms with Gasteiger partial charge in [-0.1, -0.05) is 0 Å². The van der Waals surface area contributed by atoms with Crippen molar-refractivity contribution in [2.75, 3.05) is 0 Å². The van der Waals surface area contributed by atoms with Gasteiger partial charge in [0.15, 0.2) is 11.8 Å². The Morgan fingerprint density at radius 3 is 3.09 bits per heavy atom. The first kappa shape index (κ1) is 7.21. The zero-order chi connectivity index (χ0) is 8.27. The van der Waals surface area contributed by atoms with Gasteiger partial charge in [-0.05, 0) is 0 Å². The molecule has 1 heterocycles. The van der Waals surface area contributed by atoms with Gasteiger partial charge in [0.1, 0.15) is 6.26 Å². The Hall–Kier alpha value is -1.90. The van der Waals surface area contributed by atoms with Crippen molar-refractivity contribution < 1.29 is 18.7 Å². The Labute approximate surface area is 59.9 Å². The predicted molar refractivity (Wildman–Crippen MR) is 27.7 cm³/mol. The zero-order valence-corrected chi connectivity index (χ0v) is 5.07. The first-order valence-electron chi connectivity index (χ1n) is 2.46. The van der Waals surface area contributed by atoms with E-state index in [0.29, 0.717) is 0 Å². The molecule has 1 rings (SSSR count). The van der Waals surface area contributed by atoms with Gasteiger partial charge in [-0.25, -0.2) is 9.74 Å². The van der Waals surface area contributed by atoms with Crippen molar-refractivity contribution in [3.05, 3.63) is 17.8 Å². The molecule has 1 aromatic rings. The van der Waals surface area contributed by atoms with Crippen LogP contribution >= 0.6 is 0 Å². The summed E-state index contributed by atoms with van der Waals surface area (Å²) in [6.07, 6.45) is 0.834. The number of halogens is 1. The van der Waals surface area contributed by atoms with E-state index in [0.717, 1.165) is 6.26 Å². The molecular weight excluding hydrogens is 155 g/mol. The lowest BCUT2D eigenvalue weighted by Crippen LogP contribution is -1.98. The summed E-state index contributed by atoms with van der Waals surface area (Å²) in [7, 11) is 0. The highest BCUT2D eigenvalue weighted by Crippen LogP contribution is 2.01. The SMILES string of the molecule is N#Cc1nc(C(=O)OF)co1. The maximum Gasteiger partial charge on any atom is 0.401 e. The lowest BCUT2D eigenvalue weighted by molar-refractivity contribution is -0.0793. The van der Waals surface area contributed by atoms with E-state index in [1.807, 2.05) is 0 Å². The highest BCUT2D eigenvalue weighted by Gasteiger charge is 2.13. The molecule has 0 N–H and O–H groups in total. The van der Waals surface area contributed by atoms with Crippen molar-refractivity contribution in [3.8, 4) is 6.07 Å². The zero-order valence-electron chi connectivity index (χ0n) is 5.07. The first-order chi connectivity index (χ1) is 5.27. The van der Waals surface area contributed by atoms with E-state index in [9.17, 15) is 9.32 Å². The molecular formula is C5HFN2O3. The fourth-order valence-electron chi connectivity index (χ4n) is 0.458. The van der Waals surface area contributed by atoms with E-state index in [1.165, 1.54) is 6.07 Å². The van der Waals surface area contributed by atoms with Gasteiger partial charge in [-0.3, -0.25) is 0 Å². The van der Waals surface area contributed by atoms with Gasteiger partial charge in [0.2, 0.25) is 0 Å². The summed E-state index contributed by atoms with van der Waals surface area (Å²) in [5.74, 6) is -1.60. The predicted octanol–water partition coefficient (Wildman–Crippen LogP) is 0.588. The van der Waals surface area contributed by atoms with Crippen molar-refractivity contribution >= 4 is 5.97 Å². The molecule has 56 valence electrons. The number of carbonyl (C=O) groups is 1. The van der Waals surface area contributed by atoms with Crippen LogP contribution in [0.3, 0.4) is 0 Å². The van der Waals surface area contributed by atoms with Gasteiger partial charge in [0.25, 0.3) is 0 Å². The molecule has 0 radical (unpaired) electrons. The van der Waals surface area contributed by atoms with E-state index in [-0.39, 0.29) is 11.6 Å². The number of hydrogen-bond donors (Lipinski definition) is 0. The second-order valence-corrected chi connectivity index (χ2v) is 1.51. The lowest BCUT2D eigenvalue weighted by Gasteiger charge is -1.81. The summed E-state index contributed by atoms with van der Waals surface area (Å²) in [4.78, 5) is 16.4. The molecule has 0 saturated carbocycles. The monoisotopic (exact) mass is 156 g/mol. The van der Waals surface area contributed by atoms with Crippen molar-refractivity contribution in [1.29, 1.82) is 5.26 Å². The molecule has 0 aliphatic heterocycles. The van der Waals surface area contributed by atoms with E-state index in [4.69, 9.17) is 5.26 Å². The van der Waals surface area contributed by atoms with Crippen molar-refractivity contribution in [2.24, 2.45) is 0 Å². The van der Waals surface area contributed by atoms with Gasteiger partial charge in [-0.2, -0.15) is 10.2 Å². The molecule has 1 aromatic heterocycles. The normalized spacial score (nSPS) is 8.73. The van der Waals surface area contributed by atoms with Crippen LogP contribution in [0.1, 0.15) is 16.4 Å². The Morgan fingerprint density at radius 1 is 1.91 bits per heavy atom. The molecule has 0 fully saturated rings. The summed E-state index contributed by atoms with van der Waals surface area (Å²) in [6.45, 7) is 0. The number of carbonyl (C=O) groups excluding carboxylic acids is 1. The fraction of sp³-hybridized carbons (Fsp3) is 0. The Balaban J connectivity index is 2.91. The molecule has 0 amide bonds. The van der Waals surface area contributed by atoms with Crippen LogP contribution in [0.25, 0.3) is 0 Å². The number of hydrogen-bond acceptors (Lipinski definition) is 5. The third-order valence-electron chi connectivity index (χ3n) is 0.879. The molecule has 0 aliphatic rings. The molecule has 0 unspecified atom stereocenters. The second-order valence-electron chi connectivity index (χ2n) is 1.51. The van der Waals surface area contributed by atoms with Gasteiger partial charge >= 0.3 is 11.9 Å². The fourth-order valence-corrected chi connectivity index (χ4v) is 0.458. The van der Waals surface area contributed by atoms with Gasteiger partial charge in [0, 0.05) is 4.53 Å². The largest absolute Gasteiger partial charge is 0.436 e. The molecule has 11 heavy (non-hydrogen) atoms.